The van der Waals surface area contributed by atoms with Crippen LogP contribution in [0, 0.1) is 0 Å². The molecule has 0 radical (unpaired) electrons. The van der Waals surface area contributed by atoms with Crippen LogP contribution < -0.4 is 10.2 Å². The average molecular weight is 235 g/mol. The Morgan fingerprint density at radius 3 is 3.00 bits per heavy atom. The highest BCUT2D eigenvalue weighted by molar-refractivity contribution is 5.81. The number of carbonyl (C=O) groups excluding carboxylic acids is 1. The summed E-state index contributed by atoms with van der Waals surface area (Å²) in [6.07, 6.45) is 2.08. The Morgan fingerprint density at radius 1 is 1.53 bits per heavy atom. The highest BCUT2D eigenvalue weighted by atomic mass is 16.3. The van der Waals surface area contributed by atoms with Crippen molar-refractivity contribution in [3.63, 3.8) is 0 Å². The fourth-order valence-electron chi connectivity index (χ4n) is 1.86. The number of carbonyl (C=O) groups is 1. The number of nitrogens with one attached hydrogen (secondary N) is 1. The maximum Gasteiger partial charge on any atom is 0.239 e. The molecule has 1 aromatic rings. The molecule has 1 atom stereocenters. The lowest BCUT2D eigenvalue weighted by molar-refractivity contribution is -0.119. The summed E-state index contributed by atoms with van der Waals surface area (Å²) < 4.78 is 0. The zero-order valence-corrected chi connectivity index (χ0v) is 9.89. The van der Waals surface area contributed by atoms with Gasteiger partial charge in [-0.2, -0.15) is 0 Å². The summed E-state index contributed by atoms with van der Waals surface area (Å²) >= 11 is 0. The molecular weight excluding hydrogens is 218 g/mol. The van der Waals surface area contributed by atoms with E-state index in [-0.39, 0.29) is 5.91 Å². The molecule has 0 spiro atoms. The fraction of sp³-hybridized carbons (Fsp3) is 0.500. The number of anilines is 1. The van der Waals surface area contributed by atoms with Crippen molar-refractivity contribution in [3.05, 3.63) is 24.0 Å². The Kier molecular flexibility index (Phi) is 3.58. The first kappa shape index (κ1) is 11.9. The van der Waals surface area contributed by atoms with Gasteiger partial charge in [-0.05, 0) is 25.5 Å². The summed E-state index contributed by atoms with van der Waals surface area (Å²) in [7, 11) is 0. The summed E-state index contributed by atoms with van der Waals surface area (Å²) in [5, 5.41) is 12.2. The van der Waals surface area contributed by atoms with E-state index in [0.717, 1.165) is 25.2 Å². The second-order valence-electron chi connectivity index (χ2n) is 4.24. The molecule has 0 unspecified atom stereocenters. The van der Waals surface area contributed by atoms with E-state index >= 15 is 0 Å². The van der Waals surface area contributed by atoms with Gasteiger partial charge >= 0.3 is 0 Å². The van der Waals surface area contributed by atoms with Crippen molar-refractivity contribution in [1.82, 2.24) is 10.3 Å². The molecular formula is C12H17N3O2. The highest BCUT2D eigenvalue weighted by Crippen LogP contribution is 2.17. The molecule has 0 aliphatic carbocycles. The molecule has 0 bridgehead atoms. The average Bonchev–Trinajstić information content (AvgIpc) is 2.54. The van der Waals surface area contributed by atoms with Crippen molar-refractivity contribution in [2.24, 2.45) is 0 Å². The minimum Gasteiger partial charge on any atom is -0.387 e. The largest absolute Gasteiger partial charge is 0.387 e. The van der Waals surface area contributed by atoms with Crippen LogP contribution in [-0.4, -0.2) is 35.6 Å². The Hall–Kier alpha value is -1.62. The van der Waals surface area contributed by atoms with E-state index in [1.807, 2.05) is 11.0 Å². The second-order valence-corrected chi connectivity index (χ2v) is 4.24. The molecule has 0 aromatic carbocycles. The summed E-state index contributed by atoms with van der Waals surface area (Å²) in [5.41, 5.74) is 1.57. The van der Waals surface area contributed by atoms with Gasteiger partial charge in [0.15, 0.2) is 0 Å². The Labute approximate surface area is 100 Å². The lowest BCUT2D eigenvalue weighted by atomic mass is 10.2. The normalized spacial score (nSPS) is 18.5. The fourth-order valence-corrected chi connectivity index (χ4v) is 1.86. The third kappa shape index (κ3) is 2.94. The molecule has 1 fully saturated rings. The third-order valence-corrected chi connectivity index (χ3v) is 2.83. The molecule has 5 heteroatoms. The highest BCUT2D eigenvalue weighted by Gasteiger charge is 2.15. The Bertz CT molecular complexity index is 389. The number of aromatic nitrogens is 1. The van der Waals surface area contributed by atoms with Gasteiger partial charge in [0.1, 0.15) is 0 Å². The molecule has 1 aromatic heterocycles. The standard InChI is InChI=1S/C12H17N3O2/c1-9(16)11-4-3-10(7-14-11)15-6-2-5-13-12(17)8-15/h3-4,7,9,16H,2,5-6,8H2,1H3,(H,13,17)/t9-/m0/s1. The van der Waals surface area contributed by atoms with Gasteiger partial charge in [0, 0.05) is 13.1 Å². The van der Waals surface area contributed by atoms with Crippen molar-refractivity contribution < 1.29 is 9.90 Å². The molecule has 2 N–H and O–H groups in total. The van der Waals surface area contributed by atoms with Crippen molar-refractivity contribution in [2.45, 2.75) is 19.4 Å². The number of pyridine rings is 1. The molecule has 1 aliphatic rings. The van der Waals surface area contributed by atoms with Crippen LogP contribution in [0.1, 0.15) is 25.1 Å². The van der Waals surface area contributed by atoms with Crippen molar-refractivity contribution >= 4 is 11.6 Å². The number of aliphatic hydroxyl groups is 1. The van der Waals surface area contributed by atoms with Gasteiger partial charge in [0.2, 0.25) is 5.91 Å². The number of rotatable bonds is 2. The number of hydrogen-bond acceptors (Lipinski definition) is 4. The van der Waals surface area contributed by atoms with Crippen LogP contribution in [0.25, 0.3) is 0 Å². The molecule has 92 valence electrons. The number of hydrogen-bond donors (Lipinski definition) is 2. The smallest absolute Gasteiger partial charge is 0.239 e. The van der Waals surface area contributed by atoms with E-state index in [9.17, 15) is 9.90 Å². The summed E-state index contributed by atoms with van der Waals surface area (Å²) in [6, 6.07) is 3.69. The van der Waals surface area contributed by atoms with Crippen LogP contribution >= 0.6 is 0 Å². The number of nitrogens with zero attached hydrogens (tertiary/aromatic N) is 2. The first-order chi connectivity index (χ1) is 8.16. The van der Waals surface area contributed by atoms with E-state index in [4.69, 9.17) is 0 Å². The summed E-state index contributed by atoms with van der Waals surface area (Å²) in [4.78, 5) is 17.6. The van der Waals surface area contributed by atoms with Gasteiger partial charge in [-0.1, -0.05) is 0 Å². The molecule has 1 amide bonds. The van der Waals surface area contributed by atoms with Gasteiger partial charge in [-0.3, -0.25) is 9.78 Å². The van der Waals surface area contributed by atoms with Crippen LogP contribution in [-0.2, 0) is 4.79 Å². The van der Waals surface area contributed by atoms with Gasteiger partial charge < -0.3 is 15.3 Å². The van der Waals surface area contributed by atoms with Crippen LogP contribution in [0.3, 0.4) is 0 Å². The van der Waals surface area contributed by atoms with Gasteiger partial charge in [-0.15, -0.1) is 0 Å². The van der Waals surface area contributed by atoms with E-state index in [1.165, 1.54) is 0 Å². The monoisotopic (exact) mass is 235 g/mol. The van der Waals surface area contributed by atoms with Crippen LogP contribution in [0.2, 0.25) is 0 Å². The molecule has 0 saturated carbocycles. The topological polar surface area (TPSA) is 65.5 Å². The maximum absolute atomic E-state index is 11.4. The quantitative estimate of drug-likeness (QED) is 0.781. The zero-order valence-electron chi connectivity index (χ0n) is 9.89. The summed E-state index contributed by atoms with van der Waals surface area (Å²) in [6.45, 7) is 3.63. The molecule has 5 nitrogen and oxygen atoms in total. The van der Waals surface area contributed by atoms with E-state index < -0.39 is 6.10 Å². The first-order valence-electron chi connectivity index (χ1n) is 5.82. The van der Waals surface area contributed by atoms with E-state index in [0.29, 0.717) is 12.2 Å². The van der Waals surface area contributed by atoms with Gasteiger partial charge in [-0.25, -0.2) is 0 Å². The second kappa shape index (κ2) is 5.14. The zero-order chi connectivity index (χ0) is 12.3. The Morgan fingerprint density at radius 2 is 2.35 bits per heavy atom. The molecule has 1 aliphatic heterocycles. The maximum atomic E-state index is 11.4. The van der Waals surface area contributed by atoms with Crippen LogP contribution in [0.5, 0.6) is 0 Å². The molecule has 17 heavy (non-hydrogen) atoms. The lowest BCUT2D eigenvalue weighted by Crippen LogP contribution is -2.33. The number of aliphatic hydroxyl groups excluding tert-OH is 1. The minimum absolute atomic E-state index is 0.0436. The van der Waals surface area contributed by atoms with E-state index in [1.54, 1.807) is 19.2 Å². The summed E-state index contributed by atoms with van der Waals surface area (Å²) in [5.74, 6) is 0.0436. The molecule has 2 rings (SSSR count). The Balaban J connectivity index is 2.12. The van der Waals surface area contributed by atoms with Crippen molar-refractivity contribution in [1.29, 1.82) is 0 Å². The minimum atomic E-state index is -0.559. The van der Waals surface area contributed by atoms with Gasteiger partial charge in [0.25, 0.3) is 0 Å². The lowest BCUT2D eigenvalue weighted by Gasteiger charge is -2.21. The van der Waals surface area contributed by atoms with Crippen molar-refractivity contribution in [2.75, 3.05) is 24.5 Å². The predicted octanol–water partition coefficient (Wildman–Crippen LogP) is 0.461. The van der Waals surface area contributed by atoms with Crippen LogP contribution in [0.15, 0.2) is 18.3 Å². The van der Waals surface area contributed by atoms with Crippen molar-refractivity contribution in [3.8, 4) is 0 Å². The predicted molar refractivity (Wildman–Crippen MR) is 64.7 cm³/mol. The van der Waals surface area contributed by atoms with E-state index in [2.05, 4.69) is 10.3 Å². The molecule has 2 heterocycles. The van der Waals surface area contributed by atoms with Gasteiger partial charge in [0.05, 0.1) is 30.2 Å². The SMILES string of the molecule is C[C@H](O)c1ccc(N2CCCNC(=O)C2)cn1. The number of amides is 1. The first-order valence-corrected chi connectivity index (χ1v) is 5.82. The third-order valence-electron chi connectivity index (χ3n) is 2.83. The van der Waals surface area contributed by atoms with Crippen LogP contribution in [0.4, 0.5) is 5.69 Å². The molecule has 1 saturated heterocycles.